The molecule has 0 radical (unpaired) electrons. The lowest BCUT2D eigenvalue weighted by Gasteiger charge is -2.14. The molecule has 2 heterocycles. The van der Waals surface area contributed by atoms with E-state index in [0.717, 1.165) is 11.3 Å². The van der Waals surface area contributed by atoms with Crippen LogP contribution in [0.3, 0.4) is 0 Å². The van der Waals surface area contributed by atoms with Crippen LogP contribution in [0.25, 0.3) is 11.3 Å². The van der Waals surface area contributed by atoms with Crippen molar-refractivity contribution >= 4 is 39.7 Å². The van der Waals surface area contributed by atoms with Gasteiger partial charge in [0.15, 0.2) is 5.13 Å². The van der Waals surface area contributed by atoms with Crippen LogP contribution < -0.4 is 10.2 Å². The van der Waals surface area contributed by atoms with Crippen molar-refractivity contribution in [2.75, 3.05) is 10.2 Å². The van der Waals surface area contributed by atoms with Gasteiger partial charge < -0.3 is 5.32 Å². The molecule has 0 atom stereocenters. The van der Waals surface area contributed by atoms with Crippen LogP contribution in [0.5, 0.6) is 0 Å². The van der Waals surface area contributed by atoms with Gasteiger partial charge in [0.2, 0.25) is 0 Å². The Hall–Kier alpha value is -3.84. The van der Waals surface area contributed by atoms with E-state index >= 15 is 0 Å². The summed E-state index contributed by atoms with van der Waals surface area (Å²) in [4.78, 5) is 31.2. The molecule has 0 bridgehead atoms. The Morgan fingerprint density at radius 3 is 2.27 bits per heavy atom. The predicted molar refractivity (Wildman–Crippen MR) is 115 cm³/mol. The normalized spacial score (nSPS) is 12.9. The number of fused-ring (bicyclic) bond motifs is 1. The number of hydrogen-bond donors (Lipinski definition) is 1. The summed E-state index contributed by atoms with van der Waals surface area (Å²) >= 11 is 1.41. The average Bonchev–Trinajstić information content (AvgIpc) is 3.33. The molecule has 1 N–H and O–H groups in total. The third-order valence-corrected chi connectivity index (χ3v) is 5.55. The summed E-state index contributed by atoms with van der Waals surface area (Å²) < 4.78 is 13.1. The molecule has 2 amide bonds. The van der Waals surface area contributed by atoms with E-state index in [1.807, 2.05) is 11.4 Å². The number of imide groups is 1. The second kappa shape index (κ2) is 7.20. The molecule has 1 aliphatic rings. The molecule has 0 aliphatic carbocycles. The van der Waals surface area contributed by atoms with Crippen molar-refractivity contribution in [3.8, 4) is 11.3 Å². The van der Waals surface area contributed by atoms with Crippen LogP contribution >= 0.6 is 11.3 Å². The van der Waals surface area contributed by atoms with Crippen molar-refractivity contribution in [2.24, 2.45) is 0 Å². The predicted octanol–water partition coefficient (Wildman–Crippen LogP) is 5.49. The number of rotatable bonds is 4. The van der Waals surface area contributed by atoms with Crippen molar-refractivity contribution in [2.45, 2.75) is 0 Å². The number of benzene rings is 3. The summed E-state index contributed by atoms with van der Waals surface area (Å²) in [6, 6.07) is 20.0. The Morgan fingerprint density at radius 1 is 0.867 bits per heavy atom. The van der Waals surface area contributed by atoms with Gasteiger partial charge in [0.1, 0.15) is 5.82 Å². The molecule has 1 aromatic heterocycles. The third-order valence-electron chi connectivity index (χ3n) is 4.79. The van der Waals surface area contributed by atoms with Crippen LogP contribution in [0.2, 0.25) is 0 Å². The zero-order valence-electron chi connectivity index (χ0n) is 15.5. The largest absolute Gasteiger partial charge is 0.332 e. The van der Waals surface area contributed by atoms with Gasteiger partial charge in [0, 0.05) is 16.6 Å². The van der Waals surface area contributed by atoms with Gasteiger partial charge in [-0.1, -0.05) is 24.3 Å². The van der Waals surface area contributed by atoms with Crippen LogP contribution in [0, 0.1) is 5.82 Å². The molecular formula is C23H14FN3O2S. The number of halogens is 1. The van der Waals surface area contributed by atoms with Crippen molar-refractivity contribution in [3.63, 3.8) is 0 Å². The number of nitrogens with zero attached hydrogens (tertiary/aromatic N) is 2. The Morgan fingerprint density at radius 2 is 1.57 bits per heavy atom. The maximum Gasteiger partial charge on any atom is 0.266 e. The Kier molecular flexibility index (Phi) is 4.37. The van der Waals surface area contributed by atoms with Crippen LogP contribution in [0.4, 0.5) is 20.9 Å². The fraction of sp³-hybridized carbons (Fsp3) is 0. The first-order chi connectivity index (χ1) is 14.6. The van der Waals surface area contributed by atoms with Gasteiger partial charge in [-0.2, -0.15) is 0 Å². The summed E-state index contributed by atoms with van der Waals surface area (Å²) in [5, 5.41) is 5.68. The Labute approximate surface area is 175 Å². The quantitative estimate of drug-likeness (QED) is 0.448. The molecule has 7 heteroatoms. The van der Waals surface area contributed by atoms with Crippen molar-refractivity contribution in [1.82, 2.24) is 4.98 Å². The minimum Gasteiger partial charge on any atom is -0.332 e. The molecule has 4 aromatic rings. The monoisotopic (exact) mass is 415 g/mol. The lowest BCUT2D eigenvalue weighted by atomic mass is 10.1. The molecule has 0 saturated carbocycles. The molecule has 0 saturated heterocycles. The van der Waals surface area contributed by atoms with E-state index in [4.69, 9.17) is 0 Å². The van der Waals surface area contributed by atoms with E-state index in [1.54, 1.807) is 54.6 Å². The fourth-order valence-corrected chi connectivity index (χ4v) is 4.09. The smallest absolute Gasteiger partial charge is 0.266 e. The highest BCUT2D eigenvalue weighted by atomic mass is 32.1. The summed E-state index contributed by atoms with van der Waals surface area (Å²) in [6.07, 6.45) is 0. The topological polar surface area (TPSA) is 62.3 Å². The van der Waals surface area contributed by atoms with Gasteiger partial charge in [0.05, 0.1) is 22.5 Å². The van der Waals surface area contributed by atoms with Crippen LogP contribution in [-0.2, 0) is 0 Å². The molecule has 0 spiro atoms. The van der Waals surface area contributed by atoms with E-state index in [2.05, 4.69) is 10.3 Å². The van der Waals surface area contributed by atoms with Crippen molar-refractivity contribution in [1.29, 1.82) is 0 Å². The first-order valence-corrected chi connectivity index (χ1v) is 10.0. The summed E-state index contributed by atoms with van der Waals surface area (Å²) in [5.74, 6) is -0.959. The molecule has 3 aromatic carbocycles. The maximum atomic E-state index is 13.1. The van der Waals surface area contributed by atoms with Crippen LogP contribution in [0.15, 0.2) is 78.2 Å². The number of aromatic nitrogens is 1. The number of carbonyl (C=O) groups is 2. The van der Waals surface area contributed by atoms with Gasteiger partial charge in [0.25, 0.3) is 11.8 Å². The number of hydrogen-bond acceptors (Lipinski definition) is 5. The molecule has 146 valence electrons. The second-order valence-electron chi connectivity index (χ2n) is 6.71. The molecule has 5 nitrogen and oxygen atoms in total. The Balaban J connectivity index is 1.42. The lowest BCUT2D eigenvalue weighted by Crippen LogP contribution is -2.29. The molecular weight excluding hydrogens is 401 g/mol. The van der Waals surface area contributed by atoms with Gasteiger partial charge >= 0.3 is 0 Å². The molecule has 0 unspecified atom stereocenters. The SMILES string of the molecule is O=C1c2ccccc2C(=O)N1c1cccc(-c2csc(Nc3ccc(F)cc3)n2)c1. The first-order valence-electron chi connectivity index (χ1n) is 9.16. The third kappa shape index (κ3) is 3.15. The van der Waals surface area contributed by atoms with Gasteiger partial charge in [-0.3, -0.25) is 9.59 Å². The van der Waals surface area contributed by atoms with E-state index in [-0.39, 0.29) is 17.6 Å². The summed E-state index contributed by atoms with van der Waals surface area (Å²) in [5.41, 5.74) is 3.55. The van der Waals surface area contributed by atoms with Crippen molar-refractivity contribution < 1.29 is 14.0 Å². The first kappa shape index (κ1) is 18.2. The highest BCUT2D eigenvalue weighted by molar-refractivity contribution is 7.14. The van der Waals surface area contributed by atoms with E-state index in [1.165, 1.54) is 28.4 Å². The second-order valence-corrected chi connectivity index (χ2v) is 7.57. The highest BCUT2D eigenvalue weighted by Crippen LogP contribution is 2.33. The van der Waals surface area contributed by atoms with Crippen LogP contribution in [-0.4, -0.2) is 16.8 Å². The minimum absolute atomic E-state index is 0.301. The van der Waals surface area contributed by atoms with E-state index in [0.29, 0.717) is 27.6 Å². The van der Waals surface area contributed by atoms with Gasteiger partial charge in [-0.25, -0.2) is 14.3 Å². The van der Waals surface area contributed by atoms with Crippen molar-refractivity contribution in [3.05, 3.63) is 95.1 Å². The van der Waals surface area contributed by atoms with E-state index < -0.39 is 0 Å². The van der Waals surface area contributed by atoms with Crippen LogP contribution in [0.1, 0.15) is 20.7 Å². The maximum absolute atomic E-state index is 13.1. The number of amides is 2. The fourth-order valence-electron chi connectivity index (χ4n) is 3.35. The zero-order valence-corrected chi connectivity index (χ0v) is 16.3. The minimum atomic E-state index is -0.329. The summed E-state index contributed by atoms with van der Waals surface area (Å²) in [7, 11) is 0. The number of carbonyl (C=O) groups excluding carboxylic acids is 2. The molecule has 1 aliphatic heterocycles. The number of anilines is 3. The highest BCUT2D eigenvalue weighted by Gasteiger charge is 2.36. The van der Waals surface area contributed by atoms with Gasteiger partial charge in [-0.05, 0) is 48.5 Å². The van der Waals surface area contributed by atoms with E-state index in [9.17, 15) is 14.0 Å². The lowest BCUT2D eigenvalue weighted by molar-refractivity contribution is 0.0926. The van der Waals surface area contributed by atoms with Gasteiger partial charge in [-0.15, -0.1) is 11.3 Å². The molecule has 30 heavy (non-hydrogen) atoms. The average molecular weight is 415 g/mol. The Bertz CT molecular complexity index is 1250. The number of nitrogens with one attached hydrogen (secondary N) is 1. The summed E-state index contributed by atoms with van der Waals surface area (Å²) in [6.45, 7) is 0. The molecule has 0 fully saturated rings. The number of thiazole rings is 1. The molecule has 5 rings (SSSR count). The standard InChI is InChI=1S/C23H14FN3O2S/c24-15-8-10-16(11-9-15)25-23-26-20(13-30-23)14-4-3-5-17(12-14)27-21(28)18-6-1-2-7-19(18)22(27)29/h1-13H,(H,25,26). The zero-order chi connectivity index (χ0) is 20.7.